The monoisotopic (exact) mass is 394 g/mol. The second-order valence-corrected chi connectivity index (χ2v) is 8.04. The fourth-order valence-corrected chi connectivity index (χ4v) is 4.74. The summed E-state index contributed by atoms with van der Waals surface area (Å²) in [6.07, 6.45) is 5.49. The van der Waals surface area contributed by atoms with Crippen LogP contribution >= 0.6 is 11.5 Å². The van der Waals surface area contributed by atoms with Gasteiger partial charge in [0.15, 0.2) is 0 Å². The highest BCUT2D eigenvalue weighted by Crippen LogP contribution is 2.30. The Hall–Kier alpha value is -2.74. The number of rotatable bonds is 3. The third-order valence-corrected chi connectivity index (χ3v) is 6.31. The van der Waals surface area contributed by atoms with Crippen molar-refractivity contribution in [3.05, 3.63) is 42.4 Å². The minimum absolute atomic E-state index is 0.000529. The Bertz CT molecular complexity index is 991. The fraction of sp³-hybridized carbons (Fsp3) is 0.400. The quantitative estimate of drug-likeness (QED) is 0.680. The van der Waals surface area contributed by atoms with Crippen LogP contribution in [0.25, 0.3) is 10.1 Å². The van der Waals surface area contributed by atoms with Gasteiger partial charge in [0.2, 0.25) is 0 Å². The lowest BCUT2D eigenvalue weighted by atomic mass is 10.2. The molecule has 7 nitrogen and oxygen atoms in total. The summed E-state index contributed by atoms with van der Waals surface area (Å²) in [6, 6.07) is 8.37. The zero-order valence-electron chi connectivity index (χ0n) is 15.6. The van der Waals surface area contributed by atoms with Crippen molar-refractivity contribution in [2.75, 3.05) is 49.1 Å². The van der Waals surface area contributed by atoms with E-state index in [-0.39, 0.29) is 5.91 Å². The molecule has 28 heavy (non-hydrogen) atoms. The number of piperazine rings is 1. The summed E-state index contributed by atoms with van der Waals surface area (Å²) in [5.74, 6) is 1.86. The molecule has 5 rings (SSSR count). The number of hydrogen-bond acceptors (Lipinski definition) is 7. The number of benzene rings is 1. The van der Waals surface area contributed by atoms with Crippen LogP contribution in [0, 0.1) is 0 Å². The zero-order chi connectivity index (χ0) is 18.9. The summed E-state index contributed by atoms with van der Waals surface area (Å²) >= 11 is 1.55. The molecule has 144 valence electrons. The lowest BCUT2D eigenvalue weighted by Crippen LogP contribution is -2.47. The standard InChI is InChI=1S/C20H22N6OS/c27-20(26-7-3-4-8-26)16-13-21-14-18(22-16)24-9-11-25(12-10-24)19-15-5-1-2-6-17(15)28-23-19/h1-2,5-6,13-14H,3-4,7-12H2. The van der Waals surface area contributed by atoms with Crippen LogP contribution in [0.3, 0.4) is 0 Å². The van der Waals surface area contributed by atoms with E-state index >= 15 is 0 Å². The number of carbonyl (C=O) groups excluding carboxylic acids is 1. The maximum Gasteiger partial charge on any atom is 0.274 e. The summed E-state index contributed by atoms with van der Waals surface area (Å²) in [4.78, 5) is 27.9. The third-order valence-electron chi connectivity index (χ3n) is 5.50. The average molecular weight is 395 g/mol. The second-order valence-electron chi connectivity index (χ2n) is 7.24. The van der Waals surface area contributed by atoms with Gasteiger partial charge >= 0.3 is 0 Å². The zero-order valence-corrected chi connectivity index (χ0v) is 16.4. The van der Waals surface area contributed by atoms with Crippen molar-refractivity contribution < 1.29 is 4.79 Å². The molecule has 2 saturated heterocycles. The Morgan fingerprint density at radius 2 is 1.68 bits per heavy atom. The van der Waals surface area contributed by atoms with Crippen molar-refractivity contribution in [1.82, 2.24) is 19.2 Å². The molecule has 0 N–H and O–H groups in total. The van der Waals surface area contributed by atoms with Crippen LogP contribution in [0.1, 0.15) is 23.3 Å². The Morgan fingerprint density at radius 3 is 2.50 bits per heavy atom. The van der Waals surface area contributed by atoms with Crippen LogP contribution in [-0.2, 0) is 0 Å². The first-order valence-corrected chi connectivity index (χ1v) is 10.5. The van der Waals surface area contributed by atoms with Crippen LogP contribution < -0.4 is 9.80 Å². The molecule has 8 heteroatoms. The number of aromatic nitrogens is 3. The maximum absolute atomic E-state index is 12.6. The first-order chi connectivity index (χ1) is 13.8. The van der Waals surface area contributed by atoms with E-state index in [1.807, 2.05) is 4.90 Å². The minimum atomic E-state index is -0.000529. The van der Waals surface area contributed by atoms with Gasteiger partial charge in [-0.15, -0.1) is 0 Å². The molecule has 0 unspecified atom stereocenters. The number of fused-ring (bicyclic) bond motifs is 1. The minimum Gasteiger partial charge on any atom is -0.352 e. The number of amides is 1. The summed E-state index contributed by atoms with van der Waals surface area (Å²) < 4.78 is 5.89. The molecule has 0 atom stereocenters. The largest absolute Gasteiger partial charge is 0.352 e. The molecule has 0 radical (unpaired) electrons. The molecule has 0 bridgehead atoms. The molecule has 2 aromatic heterocycles. The number of hydrogen-bond donors (Lipinski definition) is 0. The van der Waals surface area contributed by atoms with Gasteiger partial charge in [-0.1, -0.05) is 12.1 Å². The van der Waals surface area contributed by atoms with E-state index in [0.29, 0.717) is 5.69 Å². The van der Waals surface area contributed by atoms with Crippen molar-refractivity contribution in [1.29, 1.82) is 0 Å². The molecule has 1 amide bonds. The van der Waals surface area contributed by atoms with E-state index in [2.05, 4.69) is 48.4 Å². The van der Waals surface area contributed by atoms with Crippen LogP contribution in [-0.4, -0.2) is 64.4 Å². The van der Waals surface area contributed by atoms with E-state index in [1.165, 1.54) is 10.1 Å². The van der Waals surface area contributed by atoms with Crippen molar-refractivity contribution >= 4 is 39.2 Å². The van der Waals surface area contributed by atoms with Gasteiger partial charge in [0.25, 0.3) is 5.91 Å². The lowest BCUT2D eigenvalue weighted by Gasteiger charge is -2.35. The van der Waals surface area contributed by atoms with E-state index in [0.717, 1.165) is 63.7 Å². The molecule has 4 heterocycles. The number of anilines is 2. The van der Waals surface area contributed by atoms with E-state index < -0.39 is 0 Å². The predicted molar refractivity (Wildman–Crippen MR) is 111 cm³/mol. The van der Waals surface area contributed by atoms with Crippen LogP contribution in [0.5, 0.6) is 0 Å². The highest BCUT2D eigenvalue weighted by molar-refractivity contribution is 7.13. The van der Waals surface area contributed by atoms with Gasteiger partial charge in [0.05, 0.1) is 17.1 Å². The Labute approximate surface area is 167 Å². The van der Waals surface area contributed by atoms with Crippen LogP contribution in [0.4, 0.5) is 11.6 Å². The van der Waals surface area contributed by atoms with Crippen molar-refractivity contribution in [2.45, 2.75) is 12.8 Å². The van der Waals surface area contributed by atoms with Gasteiger partial charge in [-0.05, 0) is 36.5 Å². The molecular weight excluding hydrogens is 372 g/mol. The fourth-order valence-electron chi connectivity index (χ4n) is 3.94. The molecule has 0 spiro atoms. The molecule has 3 aromatic rings. The average Bonchev–Trinajstić information content (AvgIpc) is 3.44. The van der Waals surface area contributed by atoms with E-state index in [1.54, 1.807) is 23.9 Å². The molecule has 1 aromatic carbocycles. The SMILES string of the molecule is O=C(c1cncc(N2CCN(c3nsc4ccccc34)CC2)n1)N1CCCC1. The highest BCUT2D eigenvalue weighted by atomic mass is 32.1. The summed E-state index contributed by atoms with van der Waals surface area (Å²) in [5, 5.41) is 1.22. The Balaban J connectivity index is 1.29. The first kappa shape index (κ1) is 17.4. The van der Waals surface area contributed by atoms with E-state index in [9.17, 15) is 4.79 Å². The smallest absolute Gasteiger partial charge is 0.274 e. The molecule has 2 fully saturated rings. The molecule has 2 aliphatic heterocycles. The van der Waals surface area contributed by atoms with E-state index in [4.69, 9.17) is 0 Å². The summed E-state index contributed by atoms with van der Waals surface area (Å²) in [5.41, 5.74) is 0.451. The highest BCUT2D eigenvalue weighted by Gasteiger charge is 2.24. The van der Waals surface area contributed by atoms with Crippen molar-refractivity contribution in [2.24, 2.45) is 0 Å². The maximum atomic E-state index is 12.6. The summed E-state index contributed by atoms with van der Waals surface area (Å²) in [7, 11) is 0. The first-order valence-electron chi connectivity index (χ1n) is 9.75. The topological polar surface area (TPSA) is 65.5 Å². The van der Waals surface area contributed by atoms with Crippen LogP contribution in [0.15, 0.2) is 36.7 Å². The van der Waals surface area contributed by atoms with Gasteiger partial charge in [-0.2, -0.15) is 4.37 Å². The van der Waals surface area contributed by atoms with Crippen molar-refractivity contribution in [3.8, 4) is 0 Å². The number of likely N-dealkylation sites (tertiary alicyclic amines) is 1. The Morgan fingerprint density at radius 1 is 0.929 bits per heavy atom. The lowest BCUT2D eigenvalue weighted by molar-refractivity contribution is 0.0786. The summed E-state index contributed by atoms with van der Waals surface area (Å²) in [6.45, 7) is 5.07. The van der Waals surface area contributed by atoms with Gasteiger partial charge in [-0.3, -0.25) is 9.78 Å². The van der Waals surface area contributed by atoms with Gasteiger partial charge < -0.3 is 14.7 Å². The number of nitrogens with zero attached hydrogens (tertiary/aromatic N) is 6. The number of carbonyl (C=O) groups is 1. The van der Waals surface area contributed by atoms with Gasteiger partial charge in [0, 0.05) is 44.7 Å². The second kappa shape index (κ2) is 7.35. The predicted octanol–water partition coefficient (Wildman–Crippen LogP) is 2.65. The van der Waals surface area contributed by atoms with Gasteiger partial charge in [0.1, 0.15) is 17.3 Å². The molecular formula is C20H22N6OS. The van der Waals surface area contributed by atoms with Gasteiger partial charge in [-0.25, -0.2) is 4.98 Å². The third kappa shape index (κ3) is 3.17. The molecule has 0 saturated carbocycles. The van der Waals surface area contributed by atoms with Crippen molar-refractivity contribution in [3.63, 3.8) is 0 Å². The molecule has 0 aliphatic carbocycles. The Kier molecular flexibility index (Phi) is 4.56. The van der Waals surface area contributed by atoms with Crippen LogP contribution in [0.2, 0.25) is 0 Å². The normalized spacial score (nSPS) is 17.5. The molecule has 2 aliphatic rings.